The summed E-state index contributed by atoms with van der Waals surface area (Å²) in [5, 5.41) is 2.92. The second kappa shape index (κ2) is 7.17. The number of hydrogen-bond donors (Lipinski definition) is 1. The molecular formula is C15H23NO2. The van der Waals surface area contributed by atoms with Crippen LogP contribution in [0.15, 0.2) is 18.2 Å². The van der Waals surface area contributed by atoms with Gasteiger partial charge in [0.05, 0.1) is 6.61 Å². The van der Waals surface area contributed by atoms with E-state index in [9.17, 15) is 4.79 Å². The molecule has 3 nitrogen and oxygen atoms in total. The van der Waals surface area contributed by atoms with E-state index in [-0.39, 0.29) is 11.9 Å². The van der Waals surface area contributed by atoms with Crippen LogP contribution >= 0.6 is 0 Å². The van der Waals surface area contributed by atoms with E-state index < -0.39 is 0 Å². The number of ether oxygens (including phenoxy) is 1. The molecule has 0 aromatic heterocycles. The van der Waals surface area contributed by atoms with Gasteiger partial charge >= 0.3 is 0 Å². The first kappa shape index (κ1) is 14.7. The standard InChI is InChI=1S/C15H23NO2/c1-11-5-6-14(12(2)9-11)7-8-15(17)16-13(3)10-18-4/h5-6,9,13H,7-8,10H2,1-4H3,(H,16,17). The van der Waals surface area contributed by atoms with Gasteiger partial charge in [-0.3, -0.25) is 4.79 Å². The Morgan fingerprint density at radius 2 is 2.11 bits per heavy atom. The first-order valence-electron chi connectivity index (χ1n) is 6.37. The predicted octanol–water partition coefficient (Wildman–Crippen LogP) is 2.39. The third-order valence-corrected chi connectivity index (χ3v) is 2.94. The van der Waals surface area contributed by atoms with Crippen molar-refractivity contribution in [3.05, 3.63) is 34.9 Å². The Labute approximate surface area is 110 Å². The SMILES string of the molecule is COCC(C)NC(=O)CCc1ccc(C)cc1C. The van der Waals surface area contributed by atoms with E-state index in [1.807, 2.05) is 6.92 Å². The molecule has 18 heavy (non-hydrogen) atoms. The van der Waals surface area contributed by atoms with Crippen LogP contribution in [-0.4, -0.2) is 25.7 Å². The van der Waals surface area contributed by atoms with E-state index in [1.54, 1.807) is 7.11 Å². The molecule has 3 heteroatoms. The summed E-state index contributed by atoms with van der Waals surface area (Å²) >= 11 is 0. The lowest BCUT2D eigenvalue weighted by Gasteiger charge is -2.13. The zero-order valence-electron chi connectivity index (χ0n) is 11.7. The number of benzene rings is 1. The lowest BCUT2D eigenvalue weighted by Crippen LogP contribution is -2.35. The van der Waals surface area contributed by atoms with E-state index in [4.69, 9.17) is 4.74 Å². The number of carbonyl (C=O) groups excluding carboxylic acids is 1. The monoisotopic (exact) mass is 249 g/mol. The van der Waals surface area contributed by atoms with Crippen LogP contribution in [0.4, 0.5) is 0 Å². The molecule has 0 spiro atoms. The summed E-state index contributed by atoms with van der Waals surface area (Å²) in [4.78, 5) is 11.7. The maximum atomic E-state index is 11.7. The van der Waals surface area contributed by atoms with Gasteiger partial charge in [0.15, 0.2) is 0 Å². The Balaban J connectivity index is 2.42. The summed E-state index contributed by atoms with van der Waals surface area (Å²) in [5.41, 5.74) is 3.76. The fraction of sp³-hybridized carbons (Fsp3) is 0.533. The molecule has 1 N–H and O–H groups in total. The van der Waals surface area contributed by atoms with E-state index in [0.717, 1.165) is 6.42 Å². The van der Waals surface area contributed by atoms with Crippen molar-refractivity contribution in [1.29, 1.82) is 0 Å². The molecule has 0 saturated carbocycles. The second-order valence-corrected chi connectivity index (χ2v) is 4.85. The number of hydrogen-bond acceptors (Lipinski definition) is 2. The van der Waals surface area contributed by atoms with Crippen molar-refractivity contribution in [2.45, 2.75) is 39.7 Å². The molecule has 100 valence electrons. The van der Waals surface area contributed by atoms with Crippen LogP contribution in [0.1, 0.15) is 30.0 Å². The molecule has 0 aliphatic heterocycles. The highest BCUT2D eigenvalue weighted by molar-refractivity contribution is 5.76. The molecule has 0 saturated heterocycles. The van der Waals surface area contributed by atoms with E-state index >= 15 is 0 Å². The molecular weight excluding hydrogens is 226 g/mol. The Bertz CT molecular complexity index is 401. The number of carbonyl (C=O) groups is 1. The predicted molar refractivity (Wildman–Crippen MR) is 73.7 cm³/mol. The number of methoxy groups -OCH3 is 1. The minimum Gasteiger partial charge on any atom is -0.383 e. The molecule has 1 atom stereocenters. The van der Waals surface area contributed by atoms with E-state index in [1.165, 1.54) is 16.7 Å². The number of aryl methyl sites for hydroxylation is 3. The van der Waals surface area contributed by atoms with Crippen molar-refractivity contribution in [2.75, 3.05) is 13.7 Å². The zero-order chi connectivity index (χ0) is 13.5. The largest absolute Gasteiger partial charge is 0.383 e. The van der Waals surface area contributed by atoms with Gasteiger partial charge in [-0.2, -0.15) is 0 Å². The normalized spacial score (nSPS) is 12.2. The van der Waals surface area contributed by atoms with Gasteiger partial charge in [-0.25, -0.2) is 0 Å². The van der Waals surface area contributed by atoms with Crippen molar-refractivity contribution < 1.29 is 9.53 Å². The molecule has 0 radical (unpaired) electrons. The molecule has 1 unspecified atom stereocenters. The molecule has 1 amide bonds. The highest BCUT2D eigenvalue weighted by atomic mass is 16.5. The minimum atomic E-state index is 0.0709. The van der Waals surface area contributed by atoms with Gasteiger partial charge in [-0.1, -0.05) is 23.8 Å². The fourth-order valence-corrected chi connectivity index (χ4v) is 2.01. The quantitative estimate of drug-likeness (QED) is 0.840. The van der Waals surface area contributed by atoms with Gasteiger partial charge in [0.2, 0.25) is 5.91 Å². The third kappa shape index (κ3) is 4.88. The lowest BCUT2D eigenvalue weighted by molar-refractivity contribution is -0.122. The summed E-state index contributed by atoms with van der Waals surface area (Å²) in [6.45, 7) is 6.66. The zero-order valence-corrected chi connectivity index (χ0v) is 11.7. The van der Waals surface area contributed by atoms with Crippen molar-refractivity contribution >= 4 is 5.91 Å². The Kier molecular flexibility index (Phi) is 5.86. The Morgan fingerprint density at radius 1 is 1.39 bits per heavy atom. The molecule has 0 bridgehead atoms. The highest BCUT2D eigenvalue weighted by Gasteiger charge is 2.08. The summed E-state index contributed by atoms with van der Waals surface area (Å²) in [5.74, 6) is 0.0829. The maximum absolute atomic E-state index is 11.7. The maximum Gasteiger partial charge on any atom is 0.220 e. The molecule has 0 heterocycles. The molecule has 0 aliphatic rings. The topological polar surface area (TPSA) is 38.3 Å². The average Bonchev–Trinajstić information content (AvgIpc) is 2.28. The first-order chi connectivity index (χ1) is 8.52. The van der Waals surface area contributed by atoms with Crippen molar-refractivity contribution in [3.8, 4) is 0 Å². The third-order valence-electron chi connectivity index (χ3n) is 2.94. The fourth-order valence-electron chi connectivity index (χ4n) is 2.01. The minimum absolute atomic E-state index is 0.0709. The second-order valence-electron chi connectivity index (χ2n) is 4.85. The Morgan fingerprint density at radius 3 is 2.72 bits per heavy atom. The van der Waals surface area contributed by atoms with Gasteiger partial charge in [0, 0.05) is 19.6 Å². The van der Waals surface area contributed by atoms with Crippen LogP contribution in [0.25, 0.3) is 0 Å². The summed E-state index contributed by atoms with van der Waals surface area (Å²) < 4.78 is 4.98. The van der Waals surface area contributed by atoms with Crippen LogP contribution in [0.2, 0.25) is 0 Å². The van der Waals surface area contributed by atoms with E-state index in [0.29, 0.717) is 13.0 Å². The molecule has 0 aliphatic carbocycles. The molecule has 1 aromatic rings. The summed E-state index contributed by atoms with van der Waals surface area (Å²) in [7, 11) is 1.64. The van der Waals surface area contributed by atoms with Crippen molar-refractivity contribution in [2.24, 2.45) is 0 Å². The number of rotatable bonds is 6. The first-order valence-corrected chi connectivity index (χ1v) is 6.37. The van der Waals surface area contributed by atoms with Gasteiger partial charge in [0.1, 0.15) is 0 Å². The van der Waals surface area contributed by atoms with Crippen molar-refractivity contribution in [3.63, 3.8) is 0 Å². The van der Waals surface area contributed by atoms with Crippen LogP contribution in [0, 0.1) is 13.8 Å². The van der Waals surface area contributed by atoms with Crippen LogP contribution in [0.5, 0.6) is 0 Å². The molecule has 1 aromatic carbocycles. The van der Waals surface area contributed by atoms with Gasteiger partial charge in [0.25, 0.3) is 0 Å². The molecule has 0 fully saturated rings. The number of amides is 1. The smallest absolute Gasteiger partial charge is 0.220 e. The van der Waals surface area contributed by atoms with Gasteiger partial charge in [-0.05, 0) is 38.3 Å². The number of nitrogens with one attached hydrogen (secondary N) is 1. The van der Waals surface area contributed by atoms with Crippen molar-refractivity contribution in [1.82, 2.24) is 5.32 Å². The van der Waals surface area contributed by atoms with Crippen LogP contribution < -0.4 is 5.32 Å². The average molecular weight is 249 g/mol. The molecule has 1 rings (SSSR count). The summed E-state index contributed by atoms with van der Waals surface area (Å²) in [6, 6.07) is 6.42. The summed E-state index contributed by atoms with van der Waals surface area (Å²) in [6.07, 6.45) is 1.32. The van der Waals surface area contributed by atoms with E-state index in [2.05, 4.69) is 37.4 Å². The van der Waals surface area contributed by atoms with Gasteiger partial charge < -0.3 is 10.1 Å². The lowest BCUT2D eigenvalue weighted by atomic mass is 10.0. The van der Waals surface area contributed by atoms with Crippen LogP contribution in [-0.2, 0) is 16.0 Å². The highest BCUT2D eigenvalue weighted by Crippen LogP contribution is 2.12. The van der Waals surface area contributed by atoms with Gasteiger partial charge in [-0.15, -0.1) is 0 Å². The Hall–Kier alpha value is -1.35. The van der Waals surface area contributed by atoms with Crippen LogP contribution in [0.3, 0.4) is 0 Å².